The number of hydrogen-bond acceptors (Lipinski definition) is 4. The van der Waals surface area contributed by atoms with Crippen molar-refractivity contribution in [3.05, 3.63) is 94.4 Å². The van der Waals surface area contributed by atoms with Gasteiger partial charge in [0.25, 0.3) is 15.6 Å². The molecule has 1 N–H and O–H groups in total. The van der Waals surface area contributed by atoms with Gasteiger partial charge in [0.05, 0.1) is 16.3 Å². The van der Waals surface area contributed by atoms with Crippen molar-refractivity contribution in [2.45, 2.75) is 18.2 Å². The Morgan fingerprint density at radius 3 is 2.45 bits per heavy atom. The van der Waals surface area contributed by atoms with Crippen LogP contribution in [0.1, 0.15) is 11.1 Å². The molecule has 4 aromatic rings. The lowest BCUT2D eigenvalue weighted by molar-refractivity contribution is 0.590. The van der Waals surface area contributed by atoms with Gasteiger partial charge in [-0.15, -0.1) is 0 Å². The monoisotopic (exact) mass is 432 g/mol. The van der Waals surface area contributed by atoms with Gasteiger partial charge in [0.1, 0.15) is 0 Å². The lowest BCUT2D eigenvalue weighted by Gasteiger charge is -2.23. The zero-order chi connectivity index (χ0) is 21.6. The molecule has 7 nitrogen and oxygen atoms in total. The summed E-state index contributed by atoms with van der Waals surface area (Å²) in [4.78, 5) is 17.8. The maximum atomic E-state index is 13.5. The fraction of sp³-hybridized carbons (Fsp3) is 0.130. The topological polar surface area (TPSA) is 88.1 Å². The van der Waals surface area contributed by atoms with Crippen molar-refractivity contribution in [1.29, 1.82) is 0 Å². The number of aryl methyl sites for hydroxylation is 1. The van der Waals surface area contributed by atoms with Crippen molar-refractivity contribution in [3.63, 3.8) is 0 Å². The molecule has 1 aliphatic heterocycles. The van der Waals surface area contributed by atoms with E-state index in [-0.39, 0.29) is 23.4 Å². The van der Waals surface area contributed by atoms with Crippen LogP contribution in [0.4, 0.5) is 5.82 Å². The fourth-order valence-corrected chi connectivity index (χ4v) is 5.31. The molecule has 0 spiro atoms. The van der Waals surface area contributed by atoms with Crippen LogP contribution in [0, 0.1) is 6.92 Å². The maximum absolute atomic E-state index is 13.5. The highest BCUT2D eigenvalue weighted by Gasteiger charge is 2.33. The summed E-state index contributed by atoms with van der Waals surface area (Å²) in [6.45, 7) is 2.03. The first-order valence-corrected chi connectivity index (χ1v) is 11.3. The van der Waals surface area contributed by atoms with E-state index in [1.165, 1.54) is 8.99 Å². The predicted octanol–water partition coefficient (Wildman–Crippen LogP) is 3.29. The molecule has 0 fully saturated rings. The number of nitrogens with one attached hydrogen (secondary N) is 1. The van der Waals surface area contributed by atoms with Crippen molar-refractivity contribution in [1.82, 2.24) is 14.8 Å². The zero-order valence-electron chi connectivity index (χ0n) is 16.8. The Labute approximate surface area is 179 Å². The second-order valence-corrected chi connectivity index (χ2v) is 9.32. The lowest BCUT2D eigenvalue weighted by atomic mass is 10.1. The average molecular weight is 433 g/mol. The van der Waals surface area contributed by atoms with Crippen LogP contribution in [-0.2, 0) is 16.4 Å². The smallest absolute Gasteiger partial charge is 0.275 e. The molecule has 2 aromatic heterocycles. The summed E-state index contributed by atoms with van der Waals surface area (Å²) < 4.78 is 29.7. The number of pyridine rings is 1. The Kier molecular flexibility index (Phi) is 4.51. The minimum atomic E-state index is -3.84. The Hall–Kier alpha value is -3.65. The second-order valence-electron chi connectivity index (χ2n) is 7.46. The molecule has 0 amide bonds. The number of H-pyrrole nitrogens is 1. The van der Waals surface area contributed by atoms with Crippen LogP contribution in [0.2, 0.25) is 0 Å². The van der Waals surface area contributed by atoms with E-state index in [9.17, 15) is 13.2 Å². The molecular weight excluding hydrogens is 412 g/mol. The van der Waals surface area contributed by atoms with E-state index >= 15 is 0 Å². The molecule has 0 bridgehead atoms. The Morgan fingerprint density at radius 2 is 1.71 bits per heavy atom. The molecule has 0 saturated heterocycles. The average Bonchev–Trinajstić information content (AvgIpc) is 3.01. The van der Waals surface area contributed by atoms with Crippen LogP contribution in [0.5, 0.6) is 0 Å². The molecule has 156 valence electrons. The van der Waals surface area contributed by atoms with Crippen molar-refractivity contribution in [2.24, 2.45) is 0 Å². The highest BCUT2D eigenvalue weighted by Crippen LogP contribution is 2.35. The summed E-state index contributed by atoms with van der Waals surface area (Å²) in [5.41, 5.74) is 3.22. The van der Waals surface area contributed by atoms with Crippen LogP contribution in [0.25, 0.3) is 16.9 Å². The number of benzene rings is 2. The van der Waals surface area contributed by atoms with Gasteiger partial charge in [-0.05, 0) is 49.7 Å². The minimum absolute atomic E-state index is 0.120. The van der Waals surface area contributed by atoms with Gasteiger partial charge in [-0.2, -0.15) is 0 Å². The quantitative estimate of drug-likeness (QED) is 0.538. The van der Waals surface area contributed by atoms with Gasteiger partial charge in [-0.1, -0.05) is 35.9 Å². The first kappa shape index (κ1) is 19.3. The maximum Gasteiger partial charge on any atom is 0.275 e. The SMILES string of the molecule is Cc1ccc(S(=O)(=O)N2CCc3c([nH]n(-c4ccccc4)c3=O)-c3cccnc32)cc1. The van der Waals surface area contributed by atoms with E-state index in [0.717, 1.165) is 11.3 Å². The number of fused-ring (bicyclic) bond motifs is 3. The van der Waals surface area contributed by atoms with Crippen molar-refractivity contribution in [2.75, 3.05) is 10.8 Å². The Morgan fingerprint density at radius 1 is 0.968 bits per heavy atom. The lowest BCUT2D eigenvalue weighted by Crippen LogP contribution is -2.34. The summed E-state index contributed by atoms with van der Waals surface area (Å²) in [6.07, 6.45) is 1.83. The molecule has 3 heterocycles. The number of para-hydroxylation sites is 1. The molecule has 0 unspecified atom stereocenters. The van der Waals surface area contributed by atoms with E-state index in [2.05, 4.69) is 10.1 Å². The third-order valence-electron chi connectivity index (χ3n) is 5.47. The summed E-state index contributed by atoms with van der Waals surface area (Å²) in [7, 11) is -3.84. The summed E-state index contributed by atoms with van der Waals surface area (Å²) in [5.74, 6) is 0.309. The number of anilines is 1. The molecule has 0 radical (unpaired) electrons. The van der Waals surface area contributed by atoms with E-state index in [1.54, 1.807) is 42.6 Å². The summed E-state index contributed by atoms with van der Waals surface area (Å²) >= 11 is 0. The third kappa shape index (κ3) is 3.16. The molecule has 8 heteroatoms. The molecular formula is C23H20N4O3S. The first-order chi connectivity index (χ1) is 15.0. The van der Waals surface area contributed by atoms with Gasteiger partial charge < -0.3 is 0 Å². The van der Waals surface area contributed by atoms with E-state index in [4.69, 9.17) is 0 Å². The van der Waals surface area contributed by atoms with E-state index in [0.29, 0.717) is 22.6 Å². The highest BCUT2D eigenvalue weighted by atomic mass is 32.2. The van der Waals surface area contributed by atoms with Gasteiger partial charge >= 0.3 is 0 Å². The van der Waals surface area contributed by atoms with Gasteiger partial charge in [-0.3, -0.25) is 9.89 Å². The predicted molar refractivity (Wildman–Crippen MR) is 119 cm³/mol. The van der Waals surface area contributed by atoms with Crippen LogP contribution in [-0.4, -0.2) is 29.7 Å². The number of aromatic amines is 1. The standard InChI is InChI=1S/C23H20N4O3S/c1-16-9-11-18(12-10-16)31(29,30)26-15-13-20-21(19-8-5-14-24-22(19)26)25-27(23(20)28)17-6-3-2-4-7-17/h2-12,14,25H,13,15H2,1H3. The molecule has 0 atom stereocenters. The first-order valence-electron chi connectivity index (χ1n) is 9.91. The summed E-state index contributed by atoms with van der Waals surface area (Å²) in [5, 5.41) is 3.18. The van der Waals surface area contributed by atoms with Crippen molar-refractivity contribution in [3.8, 4) is 16.9 Å². The van der Waals surface area contributed by atoms with Gasteiger partial charge in [-0.25, -0.2) is 22.4 Å². The minimum Gasteiger partial charge on any atom is -0.290 e. The normalized spacial score (nSPS) is 13.4. The van der Waals surface area contributed by atoms with Crippen LogP contribution < -0.4 is 9.86 Å². The largest absolute Gasteiger partial charge is 0.290 e. The van der Waals surface area contributed by atoms with Crippen molar-refractivity contribution >= 4 is 15.8 Å². The fourth-order valence-electron chi connectivity index (χ4n) is 3.87. The second kappa shape index (κ2) is 7.24. The highest BCUT2D eigenvalue weighted by molar-refractivity contribution is 7.92. The number of sulfonamides is 1. The number of hydrogen-bond donors (Lipinski definition) is 1. The molecule has 0 saturated carbocycles. The van der Waals surface area contributed by atoms with Crippen molar-refractivity contribution < 1.29 is 8.42 Å². The van der Waals surface area contributed by atoms with Crippen LogP contribution in [0.3, 0.4) is 0 Å². The molecule has 2 aromatic carbocycles. The van der Waals surface area contributed by atoms with E-state index in [1.807, 2.05) is 37.3 Å². The third-order valence-corrected chi connectivity index (χ3v) is 7.27. The Bertz CT molecular complexity index is 1420. The van der Waals surface area contributed by atoms with Gasteiger partial charge in [0.2, 0.25) is 0 Å². The molecule has 0 aliphatic carbocycles. The van der Waals surface area contributed by atoms with Gasteiger partial charge in [0.15, 0.2) is 5.82 Å². The molecule has 31 heavy (non-hydrogen) atoms. The van der Waals surface area contributed by atoms with Crippen LogP contribution >= 0.6 is 0 Å². The van der Waals surface area contributed by atoms with Crippen LogP contribution in [0.15, 0.2) is 82.6 Å². The number of nitrogens with zero attached hydrogens (tertiary/aromatic N) is 3. The summed E-state index contributed by atoms with van der Waals surface area (Å²) in [6, 6.07) is 19.5. The van der Waals surface area contributed by atoms with E-state index < -0.39 is 10.0 Å². The number of aromatic nitrogens is 3. The number of rotatable bonds is 3. The zero-order valence-corrected chi connectivity index (χ0v) is 17.6. The molecule has 1 aliphatic rings. The Balaban J connectivity index is 1.67. The van der Waals surface area contributed by atoms with Gasteiger partial charge in [0, 0.05) is 23.9 Å². The molecule has 5 rings (SSSR count).